The molecule has 3 rings (SSSR count). The van der Waals surface area contributed by atoms with Crippen molar-refractivity contribution >= 4 is 34.7 Å². The minimum Gasteiger partial charge on any atom is -0.321 e. The number of aryl methyl sites for hydroxylation is 1. The van der Waals surface area contributed by atoms with Gasteiger partial charge in [-0.2, -0.15) is 8.78 Å². The number of halogens is 2. The highest BCUT2D eigenvalue weighted by atomic mass is 32.2. The van der Waals surface area contributed by atoms with E-state index in [1.807, 2.05) is 37.3 Å². The van der Waals surface area contributed by atoms with Crippen molar-refractivity contribution in [2.75, 3.05) is 5.32 Å². The van der Waals surface area contributed by atoms with Crippen LogP contribution >= 0.6 is 23.1 Å². The van der Waals surface area contributed by atoms with Crippen molar-refractivity contribution in [2.45, 2.75) is 17.6 Å². The van der Waals surface area contributed by atoms with E-state index in [1.165, 1.54) is 11.3 Å². The van der Waals surface area contributed by atoms with E-state index in [-0.39, 0.29) is 5.91 Å². The minimum atomic E-state index is -2.47. The Morgan fingerprint density at radius 3 is 2.44 bits per heavy atom. The molecule has 0 spiro atoms. The minimum absolute atomic E-state index is 0.322. The lowest BCUT2D eigenvalue weighted by molar-refractivity contribution is 0.102. The summed E-state index contributed by atoms with van der Waals surface area (Å²) < 4.78 is 24.7. The maximum atomic E-state index is 12.6. The Hall–Kier alpha value is -2.25. The van der Waals surface area contributed by atoms with Gasteiger partial charge in [-0.3, -0.25) is 4.79 Å². The summed E-state index contributed by atoms with van der Waals surface area (Å²) in [5.74, 6) is -2.79. The molecule has 0 unspecified atom stereocenters. The molecule has 0 saturated carbocycles. The number of nitrogens with zero attached hydrogens (tertiary/aromatic N) is 1. The number of thiazole rings is 1. The molecule has 0 bridgehead atoms. The quantitative estimate of drug-likeness (QED) is 0.582. The largest absolute Gasteiger partial charge is 0.321 e. The number of carbonyl (C=O) groups is 1. The van der Waals surface area contributed by atoms with Crippen molar-refractivity contribution in [2.24, 2.45) is 0 Å². The lowest BCUT2D eigenvalue weighted by Gasteiger charge is -2.06. The van der Waals surface area contributed by atoms with Gasteiger partial charge in [0.15, 0.2) is 0 Å². The number of carbonyl (C=O) groups excluding carboxylic acids is 1. The molecule has 7 heteroatoms. The second-order valence-corrected chi connectivity index (χ2v) is 7.40. The molecule has 0 radical (unpaired) electrons. The van der Waals surface area contributed by atoms with Crippen molar-refractivity contribution in [1.82, 2.24) is 4.98 Å². The number of aromatic nitrogens is 1. The second kappa shape index (κ2) is 7.76. The van der Waals surface area contributed by atoms with Gasteiger partial charge < -0.3 is 5.32 Å². The molecule has 3 aromatic rings. The molecule has 1 amide bonds. The summed E-state index contributed by atoms with van der Waals surface area (Å²) in [6.07, 6.45) is 0. The van der Waals surface area contributed by atoms with Crippen LogP contribution in [0.4, 0.5) is 14.5 Å². The second-order valence-electron chi connectivity index (χ2n) is 5.13. The van der Waals surface area contributed by atoms with E-state index in [2.05, 4.69) is 10.3 Å². The van der Waals surface area contributed by atoms with E-state index in [4.69, 9.17) is 0 Å². The van der Waals surface area contributed by atoms with E-state index in [0.717, 1.165) is 15.4 Å². The first-order valence-corrected chi connectivity index (χ1v) is 9.11. The van der Waals surface area contributed by atoms with Crippen molar-refractivity contribution < 1.29 is 13.6 Å². The van der Waals surface area contributed by atoms with Crippen LogP contribution in [0.25, 0.3) is 10.4 Å². The van der Waals surface area contributed by atoms with Gasteiger partial charge >= 0.3 is 0 Å². The molecule has 0 aliphatic carbocycles. The van der Waals surface area contributed by atoms with Gasteiger partial charge in [0, 0.05) is 10.6 Å². The zero-order chi connectivity index (χ0) is 17.8. The van der Waals surface area contributed by atoms with Crippen LogP contribution in [-0.4, -0.2) is 16.6 Å². The standard InChI is InChI=1S/C18H14F2N2OS2/c1-11-21-15(16(24-11)12-5-3-2-4-6-12)17(23)22-13-7-9-14(10-8-13)25-18(19)20/h2-10,18H,1H3,(H,22,23). The fraction of sp³-hybridized carbons (Fsp3) is 0.111. The summed E-state index contributed by atoms with van der Waals surface area (Å²) in [4.78, 5) is 18.2. The predicted molar refractivity (Wildman–Crippen MR) is 98.5 cm³/mol. The third kappa shape index (κ3) is 4.43. The number of thioether (sulfide) groups is 1. The molecule has 1 aromatic heterocycles. The Kier molecular flexibility index (Phi) is 5.45. The fourth-order valence-corrected chi connectivity index (χ4v) is 3.70. The predicted octanol–water partition coefficient (Wildman–Crippen LogP) is 5.69. The summed E-state index contributed by atoms with van der Waals surface area (Å²) in [5.41, 5.74) is 1.83. The molecule has 0 aliphatic rings. The van der Waals surface area contributed by atoms with Crippen LogP contribution in [0.5, 0.6) is 0 Å². The Labute approximate surface area is 152 Å². The normalized spacial score (nSPS) is 10.9. The van der Waals surface area contributed by atoms with Gasteiger partial charge in [0.2, 0.25) is 0 Å². The van der Waals surface area contributed by atoms with E-state index < -0.39 is 5.76 Å². The van der Waals surface area contributed by atoms with Crippen LogP contribution in [0.15, 0.2) is 59.5 Å². The average Bonchev–Trinajstić information content (AvgIpc) is 2.99. The zero-order valence-corrected chi connectivity index (χ0v) is 14.8. The third-order valence-electron chi connectivity index (χ3n) is 3.32. The summed E-state index contributed by atoms with van der Waals surface area (Å²) in [6.45, 7) is 1.85. The molecule has 1 N–H and O–H groups in total. The monoisotopic (exact) mass is 376 g/mol. The number of alkyl halides is 2. The highest BCUT2D eigenvalue weighted by Gasteiger charge is 2.18. The molecule has 3 nitrogen and oxygen atoms in total. The van der Waals surface area contributed by atoms with Gasteiger partial charge in [-0.25, -0.2) is 4.98 Å². The molecule has 0 atom stereocenters. The van der Waals surface area contributed by atoms with E-state index in [0.29, 0.717) is 28.0 Å². The molecule has 25 heavy (non-hydrogen) atoms. The molecule has 128 valence electrons. The molecule has 1 heterocycles. The van der Waals surface area contributed by atoms with Crippen molar-refractivity contribution in [3.05, 3.63) is 65.3 Å². The molecule has 0 fully saturated rings. The molecule has 0 saturated heterocycles. The van der Waals surface area contributed by atoms with Gasteiger partial charge in [-0.05, 0) is 36.8 Å². The van der Waals surface area contributed by atoms with Gasteiger partial charge in [0.05, 0.1) is 9.88 Å². The Balaban J connectivity index is 1.80. The Bertz CT molecular complexity index is 865. The topological polar surface area (TPSA) is 42.0 Å². The highest BCUT2D eigenvalue weighted by Crippen LogP contribution is 2.31. The number of anilines is 1. The summed E-state index contributed by atoms with van der Waals surface area (Å²) in [6, 6.07) is 15.9. The van der Waals surface area contributed by atoms with Gasteiger partial charge in [-0.15, -0.1) is 11.3 Å². The number of hydrogen-bond acceptors (Lipinski definition) is 4. The first-order valence-electron chi connectivity index (χ1n) is 7.42. The maximum absolute atomic E-state index is 12.6. The molecular formula is C18H14F2N2OS2. The van der Waals surface area contributed by atoms with Crippen LogP contribution in [0.3, 0.4) is 0 Å². The zero-order valence-electron chi connectivity index (χ0n) is 13.2. The highest BCUT2D eigenvalue weighted by molar-refractivity contribution is 7.99. The van der Waals surface area contributed by atoms with Gasteiger partial charge in [-0.1, -0.05) is 42.1 Å². The number of rotatable bonds is 5. The van der Waals surface area contributed by atoms with Crippen LogP contribution in [0.2, 0.25) is 0 Å². The summed E-state index contributed by atoms with van der Waals surface area (Å²) in [5, 5.41) is 3.57. The lowest BCUT2D eigenvalue weighted by Crippen LogP contribution is -2.13. The van der Waals surface area contributed by atoms with Crippen LogP contribution in [0, 0.1) is 6.92 Å². The van der Waals surface area contributed by atoms with Crippen LogP contribution in [0.1, 0.15) is 15.5 Å². The van der Waals surface area contributed by atoms with Crippen molar-refractivity contribution in [1.29, 1.82) is 0 Å². The van der Waals surface area contributed by atoms with Gasteiger partial charge in [0.25, 0.3) is 11.7 Å². The number of hydrogen-bond donors (Lipinski definition) is 1. The first-order chi connectivity index (χ1) is 12.0. The summed E-state index contributed by atoms with van der Waals surface area (Å²) >= 11 is 1.93. The summed E-state index contributed by atoms with van der Waals surface area (Å²) in [7, 11) is 0. The first kappa shape index (κ1) is 17.6. The molecule has 2 aromatic carbocycles. The molecule has 0 aliphatic heterocycles. The average molecular weight is 376 g/mol. The number of nitrogens with one attached hydrogen (secondary N) is 1. The number of benzene rings is 2. The smallest absolute Gasteiger partial charge is 0.288 e. The lowest BCUT2D eigenvalue weighted by atomic mass is 10.1. The van der Waals surface area contributed by atoms with Crippen molar-refractivity contribution in [3.63, 3.8) is 0 Å². The Morgan fingerprint density at radius 1 is 1.12 bits per heavy atom. The van der Waals surface area contributed by atoms with E-state index in [1.54, 1.807) is 24.3 Å². The SMILES string of the molecule is Cc1nc(C(=O)Nc2ccc(SC(F)F)cc2)c(-c2ccccc2)s1. The van der Waals surface area contributed by atoms with E-state index >= 15 is 0 Å². The van der Waals surface area contributed by atoms with Crippen LogP contribution < -0.4 is 5.32 Å². The van der Waals surface area contributed by atoms with E-state index in [9.17, 15) is 13.6 Å². The van der Waals surface area contributed by atoms with Crippen LogP contribution in [-0.2, 0) is 0 Å². The number of amides is 1. The molecular weight excluding hydrogens is 362 g/mol. The maximum Gasteiger partial charge on any atom is 0.288 e. The van der Waals surface area contributed by atoms with Gasteiger partial charge in [0.1, 0.15) is 5.69 Å². The third-order valence-corrected chi connectivity index (χ3v) is 5.06. The van der Waals surface area contributed by atoms with Crippen molar-refractivity contribution in [3.8, 4) is 10.4 Å². The fourth-order valence-electron chi connectivity index (χ4n) is 2.28. The Morgan fingerprint density at radius 2 is 1.80 bits per heavy atom.